The Morgan fingerprint density at radius 2 is 0.267 bits per heavy atom. The normalized spacial score (nSPS) is 15.2. The Hall–Kier alpha value is 0.969. The van der Waals surface area contributed by atoms with E-state index in [1.165, 1.54) is 0 Å². The number of rotatable bonds is 0. The van der Waals surface area contributed by atoms with Gasteiger partial charge in [0.2, 0.25) is 0 Å². The van der Waals surface area contributed by atoms with E-state index in [-0.39, 0.29) is 0 Å². The molecule has 0 fully saturated rings. The van der Waals surface area contributed by atoms with Gasteiger partial charge in [0.05, 0.1) is 0 Å². The van der Waals surface area contributed by atoms with Gasteiger partial charge < -0.3 is 0 Å². The maximum absolute atomic E-state index is 2.99. The zero-order chi connectivity index (χ0) is 45.4. The summed E-state index contributed by atoms with van der Waals surface area (Å²) in [5.41, 5.74) is 0. The molecule has 0 unspecified atom stereocenters. The van der Waals surface area contributed by atoms with Gasteiger partial charge in [-0.1, -0.05) is 0 Å². The summed E-state index contributed by atoms with van der Waals surface area (Å²) in [6.45, 7) is 0. The summed E-state index contributed by atoms with van der Waals surface area (Å²) in [6, 6.07) is 0. The molecule has 0 bridgehead atoms. The van der Waals surface area contributed by atoms with E-state index in [0.717, 1.165) is 64.2 Å². The van der Waals surface area contributed by atoms with Crippen LogP contribution in [0.4, 0.5) is 0 Å². The molecule has 0 aromatic carbocycles. The number of allylic oxidation sites excluding steroid dienone is 40. The van der Waals surface area contributed by atoms with Gasteiger partial charge in [0.25, 0.3) is 0 Å². The second kappa shape index (κ2) is 80.3. The van der Waals surface area contributed by atoms with Crippen LogP contribution in [0.3, 0.4) is 0 Å². The fourth-order valence-electron chi connectivity index (χ4n) is 3.40. The Balaban J connectivity index is -0.000000182. The Bertz CT molecular complexity index is 1070. The first-order valence-electron chi connectivity index (χ1n) is 18.2. The molecule has 10 aliphatic rings. The average Bonchev–Trinajstić information content (AvgIpc) is 4.21. The number of hydrogen-bond donors (Lipinski definition) is 0. The quantitative estimate of drug-likeness (QED) is 0.168. The van der Waals surface area contributed by atoms with E-state index in [9.17, 15) is 0 Å². The van der Waals surface area contributed by atoms with E-state index in [4.69, 9.17) is 0 Å². The molecular formula is C50H50Se5Ti5. The summed E-state index contributed by atoms with van der Waals surface area (Å²) in [5, 5.41) is 0. The monoisotopic (exact) mass is 1290 g/mol. The molecule has 0 amide bonds. The van der Waals surface area contributed by atoms with Crippen molar-refractivity contribution in [1.82, 2.24) is 0 Å². The first-order valence-corrected chi connectivity index (χ1v) is 39.0. The fraction of sp³-hybridized carbons (Fsp3) is 0.200. The molecule has 0 N–H and O–H groups in total. The zero-order valence-corrected chi connectivity index (χ0v) is 50.3. The van der Waals surface area contributed by atoms with Crippen LogP contribution in [-0.2, 0) is 88.7 Å². The minimum absolute atomic E-state index is 1.01. The van der Waals surface area contributed by atoms with E-state index < -0.39 is 0 Å². The molecular weight excluding hydrogens is 1230 g/mol. The van der Waals surface area contributed by atoms with Crippen LogP contribution >= 0.6 is 0 Å². The SMILES string of the molecule is [C-]1=CC=CC1.[C-]1=CC=CC1.[C-]1=CC=CC1.[C-]1=CC=CC1.[C-]1=CC=CC1.[C-]1=CC=CC1.[C-]1=CC=CC1.[C-]1=CC=CC1.[C-]1=CC=CC1.[C-]1=CC=CC1.[Ti+2]=[Se].[Ti+2]=[Se].[Ti+2]=[Se].[Ti+2]=[Se].[Ti+2]=[Se]. The Labute approximate surface area is 452 Å². The molecule has 0 saturated heterocycles. The van der Waals surface area contributed by atoms with Crippen LogP contribution in [0.1, 0.15) is 64.2 Å². The van der Waals surface area contributed by atoms with Gasteiger partial charge in [-0.25, -0.2) is 122 Å². The van der Waals surface area contributed by atoms with Gasteiger partial charge in [-0.15, -0.1) is 64.2 Å². The van der Waals surface area contributed by atoms with Crippen molar-refractivity contribution in [3.05, 3.63) is 243 Å². The van der Waals surface area contributed by atoms with Crippen molar-refractivity contribution in [3.8, 4) is 0 Å². The first kappa shape index (κ1) is 70.0. The van der Waals surface area contributed by atoms with E-state index in [0.29, 0.717) is 0 Å². The molecule has 0 spiro atoms. The predicted octanol–water partition coefficient (Wildman–Crippen LogP) is 11.1. The summed E-state index contributed by atoms with van der Waals surface area (Å²) in [4.78, 5) is 0. The van der Waals surface area contributed by atoms with Crippen LogP contribution in [0.5, 0.6) is 0 Å². The summed E-state index contributed by atoms with van der Waals surface area (Å²) in [5.74, 6) is 0. The molecule has 0 aromatic heterocycles. The van der Waals surface area contributed by atoms with E-state index in [1.807, 2.05) is 210 Å². The second-order valence-electron chi connectivity index (χ2n) is 10.0. The summed E-state index contributed by atoms with van der Waals surface area (Å²) in [6.07, 6.45) is 100. The van der Waals surface area contributed by atoms with Crippen molar-refractivity contribution in [1.29, 1.82) is 0 Å². The molecule has 300 valence electrons. The molecule has 0 nitrogen and oxygen atoms in total. The van der Waals surface area contributed by atoms with Gasteiger partial charge in [-0.2, -0.15) is 60.8 Å². The summed E-state index contributed by atoms with van der Waals surface area (Å²) >= 11 is 22.5. The molecule has 0 saturated carbocycles. The van der Waals surface area contributed by atoms with E-state index >= 15 is 0 Å². The molecule has 60 heavy (non-hydrogen) atoms. The fourth-order valence-corrected chi connectivity index (χ4v) is 3.40. The summed E-state index contributed by atoms with van der Waals surface area (Å²) in [7, 11) is 0. The van der Waals surface area contributed by atoms with Crippen LogP contribution < -0.4 is 0 Å². The van der Waals surface area contributed by atoms with Crippen LogP contribution in [0.2, 0.25) is 0 Å². The second-order valence-corrected chi connectivity index (χ2v) is 10.0. The molecule has 0 heterocycles. The predicted molar refractivity (Wildman–Crippen MR) is 244 cm³/mol. The standard InChI is InChI=1S/10C5H5.5Se.5Ti/c10*1-2-4-5-3-1;;;;;;;;;;/h10*1-3H,4H2;;;;;;;;;;/q10*-1;;;;;;5*+2. The van der Waals surface area contributed by atoms with Crippen molar-refractivity contribution in [2.45, 2.75) is 64.2 Å². The molecule has 10 aliphatic carbocycles. The van der Waals surface area contributed by atoms with Crippen molar-refractivity contribution >= 4 is 63.4 Å². The molecule has 0 radical (unpaired) electrons. The van der Waals surface area contributed by atoms with Gasteiger partial charge in [-0.05, 0) is 0 Å². The van der Waals surface area contributed by atoms with Gasteiger partial charge in [-0.3, -0.25) is 60.8 Å². The maximum atomic E-state index is 2.99. The Morgan fingerprint density at radius 1 is 0.183 bits per heavy atom. The molecule has 0 aliphatic heterocycles. The minimum atomic E-state index is 1.01. The van der Waals surface area contributed by atoms with Gasteiger partial charge in [0, 0.05) is 0 Å². The third-order valence-corrected chi connectivity index (χ3v) is 5.86. The van der Waals surface area contributed by atoms with Crippen LogP contribution in [-0.4, -0.2) is 63.4 Å². The molecule has 10 heteroatoms. The first-order chi connectivity index (χ1) is 30.0. The topological polar surface area (TPSA) is 0 Å². The third-order valence-electron chi connectivity index (χ3n) is 5.86. The van der Waals surface area contributed by atoms with Gasteiger partial charge in [0.15, 0.2) is 0 Å². The Kier molecular flexibility index (Phi) is 93.6. The van der Waals surface area contributed by atoms with Crippen molar-refractivity contribution in [3.63, 3.8) is 0 Å². The van der Waals surface area contributed by atoms with Crippen LogP contribution in [0.25, 0.3) is 0 Å². The van der Waals surface area contributed by atoms with Crippen LogP contribution in [0, 0.1) is 60.8 Å². The van der Waals surface area contributed by atoms with Crippen LogP contribution in [0.15, 0.2) is 182 Å². The molecule has 0 aromatic rings. The average molecular weight is 1290 g/mol. The van der Waals surface area contributed by atoms with E-state index in [2.05, 4.69) is 185 Å². The van der Waals surface area contributed by atoms with Gasteiger partial charge in [0.1, 0.15) is 0 Å². The Morgan fingerprint density at radius 3 is 0.283 bits per heavy atom. The number of hydrogen-bond acceptors (Lipinski definition) is 0. The zero-order valence-electron chi connectivity index (χ0n) is 33.9. The van der Waals surface area contributed by atoms with Crippen molar-refractivity contribution in [2.24, 2.45) is 0 Å². The van der Waals surface area contributed by atoms with Crippen molar-refractivity contribution in [2.75, 3.05) is 0 Å². The summed E-state index contributed by atoms with van der Waals surface area (Å²) < 4.78 is 0. The molecule has 10 rings (SSSR count). The molecule has 0 atom stereocenters. The van der Waals surface area contributed by atoms with Crippen molar-refractivity contribution < 1.29 is 88.7 Å². The van der Waals surface area contributed by atoms with E-state index in [1.54, 1.807) is 0 Å². The third kappa shape index (κ3) is 76.3. The van der Waals surface area contributed by atoms with Gasteiger partial charge >= 0.3 is 152 Å².